The number of hydrogen-bond acceptors (Lipinski definition) is 7. The smallest absolute Gasteiger partial charge is 0.232 e. The first-order chi connectivity index (χ1) is 12.7. The lowest BCUT2D eigenvalue weighted by Crippen LogP contribution is -2.53. The fourth-order valence-corrected chi connectivity index (χ4v) is 2.92. The van der Waals surface area contributed by atoms with Crippen LogP contribution in [-0.4, -0.2) is 94.6 Å². The van der Waals surface area contributed by atoms with E-state index in [2.05, 4.69) is 46.0 Å². The van der Waals surface area contributed by atoms with Crippen molar-refractivity contribution in [1.29, 1.82) is 0 Å². The molecule has 0 aromatic carbocycles. The monoisotopic (exact) mass is 558 g/mol. The van der Waals surface area contributed by atoms with Crippen LogP contribution in [0.3, 0.4) is 0 Å². The number of methoxy groups -OCH3 is 2. The predicted molar refractivity (Wildman–Crippen MR) is 120 cm³/mol. The summed E-state index contributed by atoms with van der Waals surface area (Å²) in [7, 11) is 5.06. The molecule has 1 N–H and O–H groups in total. The lowest BCUT2D eigenvalue weighted by Gasteiger charge is -2.36. The standard InChI is InChI=1S/C16H27BrN6O3.HI/c1-18-15(19-4-9-26-11-10-24-2)22-5-7-23(8-6-22)16-20-12-13(17)14(21-16)25-3;/h12H,4-11H2,1-3H3,(H,18,19);1H. The average Bonchev–Trinajstić information content (AvgIpc) is 2.68. The van der Waals surface area contributed by atoms with Crippen LogP contribution in [0, 0.1) is 0 Å². The third-order valence-electron chi connectivity index (χ3n) is 3.93. The molecule has 0 saturated carbocycles. The molecule has 0 unspecified atom stereocenters. The van der Waals surface area contributed by atoms with Crippen molar-refractivity contribution in [3.8, 4) is 5.88 Å². The summed E-state index contributed by atoms with van der Waals surface area (Å²) in [5, 5.41) is 3.33. The average molecular weight is 559 g/mol. The quantitative estimate of drug-likeness (QED) is 0.221. The van der Waals surface area contributed by atoms with Gasteiger partial charge in [0.05, 0.1) is 37.6 Å². The highest BCUT2D eigenvalue weighted by Gasteiger charge is 2.22. The van der Waals surface area contributed by atoms with Gasteiger partial charge in [0.2, 0.25) is 11.8 Å². The minimum Gasteiger partial charge on any atom is -0.480 e. The van der Waals surface area contributed by atoms with Gasteiger partial charge < -0.3 is 29.3 Å². The van der Waals surface area contributed by atoms with E-state index < -0.39 is 0 Å². The Morgan fingerprint density at radius 3 is 2.59 bits per heavy atom. The molecule has 0 bridgehead atoms. The fourth-order valence-electron chi connectivity index (χ4n) is 2.57. The Bertz CT molecular complexity index is 587. The van der Waals surface area contributed by atoms with Crippen LogP contribution in [0.15, 0.2) is 15.7 Å². The molecule has 27 heavy (non-hydrogen) atoms. The lowest BCUT2D eigenvalue weighted by atomic mass is 10.3. The number of nitrogens with one attached hydrogen (secondary N) is 1. The molecule has 11 heteroatoms. The number of anilines is 1. The molecule has 2 heterocycles. The predicted octanol–water partition coefficient (Wildman–Crippen LogP) is 1.23. The Morgan fingerprint density at radius 2 is 1.96 bits per heavy atom. The van der Waals surface area contributed by atoms with E-state index in [1.807, 2.05) is 0 Å². The summed E-state index contributed by atoms with van der Waals surface area (Å²) in [5.74, 6) is 2.11. The highest BCUT2D eigenvalue weighted by atomic mass is 127. The van der Waals surface area contributed by atoms with E-state index in [9.17, 15) is 0 Å². The highest BCUT2D eigenvalue weighted by molar-refractivity contribution is 14.0. The number of halogens is 2. The summed E-state index contributed by atoms with van der Waals surface area (Å²) in [6, 6.07) is 0. The van der Waals surface area contributed by atoms with Gasteiger partial charge in [-0.05, 0) is 15.9 Å². The second-order valence-corrected chi connectivity index (χ2v) is 6.43. The number of piperazine rings is 1. The summed E-state index contributed by atoms with van der Waals surface area (Å²) >= 11 is 3.38. The van der Waals surface area contributed by atoms with Gasteiger partial charge in [-0.1, -0.05) is 0 Å². The van der Waals surface area contributed by atoms with Gasteiger partial charge >= 0.3 is 0 Å². The molecular formula is C16H28BrIN6O3. The SMILES string of the molecule is CN=C(NCCOCCOC)N1CCN(c2ncc(Br)c(OC)n2)CC1.I. The molecule has 1 aliphatic rings. The van der Waals surface area contributed by atoms with Crippen molar-refractivity contribution in [1.82, 2.24) is 20.2 Å². The summed E-state index contributed by atoms with van der Waals surface area (Å²) in [4.78, 5) is 17.6. The summed E-state index contributed by atoms with van der Waals surface area (Å²) in [5.41, 5.74) is 0. The first-order valence-corrected chi connectivity index (χ1v) is 9.32. The van der Waals surface area contributed by atoms with E-state index in [1.54, 1.807) is 27.5 Å². The molecular weight excluding hydrogens is 531 g/mol. The van der Waals surface area contributed by atoms with Crippen molar-refractivity contribution in [2.24, 2.45) is 4.99 Å². The van der Waals surface area contributed by atoms with Crippen molar-refractivity contribution >= 4 is 51.8 Å². The zero-order chi connectivity index (χ0) is 18.8. The number of nitrogens with zero attached hydrogens (tertiary/aromatic N) is 5. The first kappa shape index (κ1) is 24.1. The number of rotatable bonds is 8. The van der Waals surface area contributed by atoms with Gasteiger partial charge in [0.15, 0.2) is 5.96 Å². The minimum absolute atomic E-state index is 0. The van der Waals surface area contributed by atoms with Crippen LogP contribution >= 0.6 is 39.9 Å². The van der Waals surface area contributed by atoms with Gasteiger partial charge in [0.1, 0.15) is 0 Å². The number of aliphatic imine (C=N–C) groups is 1. The lowest BCUT2D eigenvalue weighted by molar-refractivity contribution is 0.0731. The molecule has 1 aromatic rings. The van der Waals surface area contributed by atoms with Crippen LogP contribution in [0.1, 0.15) is 0 Å². The molecule has 2 rings (SSSR count). The molecule has 1 aromatic heterocycles. The first-order valence-electron chi connectivity index (χ1n) is 8.53. The van der Waals surface area contributed by atoms with Gasteiger partial charge in [-0.25, -0.2) is 4.98 Å². The van der Waals surface area contributed by atoms with Gasteiger partial charge in [-0.15, -0.1) is 24.0 Å². The van der Waals surface area contributed by atoms with E-state index in [0.717, 1.165) is 36.6 Å². The second-order valence-electron chi connectivity index (χ2n) is 5.58. The van der Waals surface area contributed by atoms with Gasteiger partial charge in [0.25, 0.3) is 0 Å². The number of hydrogen-bond donors (Lipinski definition) is 1. The minimum atomic E-state index is 0. The van der Waals surface area contributed by atoms with E-state index in [0.29, 0.717) is 38.2 Å². The molecule has 0 radical (unpaired) electrons. The number of guanidine groups is 1. The Hall–Kier alpha value is -0.920. The normalized spacial score (nSPS) is 14.7. The molecule has 0 spiro atoms. The number of ether oxygens (including phenoxy) is 3. The zero-order valence-corrected chi connectivity index (χ0v) is 19.9. The van der Waals surface area contributed by atoms with Crippen molar-refractivity contribution in [2.75, 3.05) is 78.7 Å². The molecule has 1 fully saturated rings. The van der Waals surface area contributed by atoms with E-state index >= 15 is 0 Å². The van der Waals surface area contributed by atoms with Crippen LogP contribution in [0.2, 0.25) is 0 Å². The topological polar surface area (TPSA) is 84.3 Å². The van der Waals surface area contributed by atoms with Gasteiger partial charge in [-0.2, -0.15) is 4.98 Å². The summed E-state index contributed by atoms with van der Waals surface area (Å²) < 4.78 is 16.4. The van der Waals surface area contributed by atoms with E-state index in [-0.39, 0.29) is 24.0 Å². The Labute approximate surface area is 186 Å². The van der Waals surface area contributed by atoms with E-state index in [4.69, 9.17) is 14.2 Å². The van der Waals surface area contributed by atoms with Crippen LogP contribution in [0.5, 0.6) is 5.88 Å². The van der Waals surface area contributed by atoms with Gasteiger partial charge in [0, 0.05) is 46.9 Å². The third-order valence-corrected chi connectivity index (χ3v) is 4.47. The van der Waals surface area contributed by atoms with Gasteiger partial charge in [-0.3, -0.25) is 4.99 Å². The summed E-state index contributed by atoms with van der Waals surface area (Å²) in [6.07, 6.45) is 1.72. The molecule has 0 aliphatic carbocycles. The van der Waals surface area contributed by atoms with Crippen LogP contribution < -0.4 is 15.0 Å². The van der Waals surface area contributed by atoms with Crippen molar-refractivity contribution in [3.05, 3.63) is 10.7 Å². The van der Waals surface area contributed by atoms with Crippen molar-refractivity contribution in [2.45, 2.75) is 0 Å². The molecule has 0 amide bonds. The fraction of sp³-hybridized carbons (Fsp3) is 0.688. The van der Waals surface area contributed by atoms with E-state index in [1.165, 1.54) is 0 Å². The third kappa shape index (κ3) is 7.54. The van der Waals surface area contributed by atoms with Crippen molar-refractivity contribution in [3.63, 3.8) is 0 Å². The molecule has 9 nitrogen and oxygen atoms in total. The Morgan fingerprint density at radius 1 is 1.22 bits per heavy atom. The molecule has 1 saturated heterocycles. The largest absolute Gasteiger partial charge is 0.480 e. The second kappa shape index (κ2) is 13.3. The Kier molecular flexibility index (Phi) is 11.9. The molecule has 0 atom stereocenters. The van der Waals surface area contributed by atoms with Crippen molar-refractivity contribution < 1.29 is 14.2 Å². The molecule has 1 aliphatic heterocycles. The maximum absolute atomic E-state index is 5.46. The maximum Gasteiger partial charge on any atom is 0.232 e. The Balaban J connectivity index is 0.00000364. The van der Waals surface area contributed by atoms with Crippen LogP contribution in [0.4, 0.5) is 5.95 Å². The highest BCUT2D eigenvalue weighted by Crippen LogP contribution is 2.23. The number of aromatic nitrogens is 2. The zero-order valence-electron chi connectivity index (χ0n) is 16.0. The van der Waals surface area contributed by atoms with Crippen LogP contribution in [0.25, 0.3) is 0 Å². The van der Waals surface area contributed by atoms with Crippen LogP contribution in [-0.2, 0) is 9.47 Å². The maximum atomic E-state index is 5.46. The summed E-state index contributed by atoms with van der Waals surface area (Å²) in [6.45, 7) is 5.85. The molecule has 154 valence electrons.